The van der Waals surface area contributed by atoms with Gasteiger partial charge in [0.2, 0.25) is 0 Å². The molecule has 0 saturated carbocycles. The Labute approximate surface area is 109 Å². The SMILES string of the molecule is Cc1cc(C(=O)NCC2(O)CCNC2)c(F)cc1F. The zero-order chi connectivity index (χ0) is 14.0. The first-order chi connectivity index (χ1) is 8.91. The lowest BCUT2D eigenvalue weighted by atomic mass is 10.0. The average molecular weight is 270 g/mol. The molecule has 6 heteroatoms. The summed E-state index contributed by atoms with van der Waals surface area (Å²) >= 11 is 0. The van der Waals surface area contributed by atoms with Crippen LogP contribution in [0.15, 0.2) is 12.1 Å². The van der Waals surface area contributed by atoms with E-state index in [1.807, 2.05) is 0 Å². The molecule has 0 aliphatic carbocycles. The second kappa shape index (κ2) is 5.22. The van der Waals surface area contributed by atoms with Gasteiger partial charge in [-0.2, -0.15) is 0 Å². The summed E-state index contributed by atoms with van der Waals surface area (Å²) in [5.74, 6) is -2.24. The third-order valence-electron chi connectivity index (χ3n) is 3.29. The summed E-state index contributed by atoms with van der Waals surface area (Å²) < 4.78 is 26.6. The van der Waals surface area contributed by atoms with Crippen LogP contribution in [0.25, 0.3) is 0 Å². The molecular weight excluding hydrogens is 254 g/mol. The Balaban J connectivity index is 2.06. The van der Waals surface area contributed by atoms with Gasteiger partial charge in [0.05, 0.1) is 11.2 Å². The van der Waals surface area contributed by atoms with E-state index < -0.39 is 23.1 Å². The summed E-state index contributed by atoms with van der Waals surface area (Å²) in [6, 6.07) is 1.85. The maximum atomic E-state index is 13.5. The van der Waals surface area contributed by atoms with Crippen LogP contribution < -0.4 is 10.6 Å². The zero-order valence-electron chi connectivity index (χ0n) is 10.6. The van der Waals surface area contributed by atoms with E-state index in [2.05, 4.69) is 10.6 Å². The van der Waals surface area contributed by atoms with Crippen molar-refractivity contribution < 1.29 is 18.7 Å². The molecule has 1 aromatic rings. The van der Waals surface area contributed by atoms with Crippen molar-refractivity contribution in [2.75, 3.05) is 19.6 Å². The van der Waals surface area contributed by atoms with Gasteiger partial charge >= 0.3 is 0 Å². The van der Waals surface area contributed by atoms with Crippen molar-refractivity contribution >= 4 is 5.91 Å². The molecule has 104 valence electrons. The Morgan fingerprint density at radius 1 is 1.47 bits per heavy atom. The number of benzene rings is 1. The van der Waals surface area contributed by atoms with Crippen molar-refractivity contribution in [2.45, 2.75) is 18.9 Å². The summed E-state index contributed by atoms with van der Waals surface area (Å²) in [7, 11) is 0. The molecule has 1 saturated heterocycles. The monoisotopic (exact) mass is 270 g/mol. The van der Waals surface area contributed by atoms with Gasteiger partial charge in [0.25, 0.3) is 5.91 Å². The van der Waals surface area contributed by atoms with E-state index in [-0.39, 0.29) is 17.7 Å². The van der Waals surface area contributed by atoms with Crippen LogP contribution in [0.3, 0.4) is 0 Å². The Bertz CT molecular complexity index is 500. The predicted octanol–water partition coefficient (Wildman–Crippen LogP) is 0.727. The van der Waals surface area contributed by atoms with Crippen molar-refractivity contribution in [1.82, 2.24) is 10.6 Å². The van der Waals surface area contributed by atoms with E-state index in [4.69, 9.17) is 0 Å². The topological polar surface area (TPSA) is 61.4 Å². The first-order valence-corrected chi connectivity index (χ1v) is 6.08. The Hall–Kier alpha value is -1.53. The summed E-state index contributed by atoms with van der Waals surface area (Å²) in [5, 5.41) is 15.5. The van der Waals surface area contributed by atoms with Gasteiger partial charge in [0, 0.05) is 19.2 Å². The third-order valence-corrected chi connectivity index (χ3v) is 3.29. The summed E-state index contributed by atoms with van der Waals surface area (Å²) in [4.78, 5) is 11.8. The number of aryl methyl sites for hydroxylation is 1. The molecule has 0 spiro atoms. The maximum absolute atomic E-state index is 13.5. The summed E-state index contributed by atoms with van der Waals surface area (Å²) in [5.41, 5.74) is -1.01. The highest BCUT2D eigenvalue weighted by atomic mass is 19.1. The largest absolute Gasteiger partial charge is 0.387 e. The first-order valence-electron chi connectivity index (χ1n) is 6.08. The summed E-state index contributed by atoms with van der Waals surface area (Å²) in [6.07, 6.45) is 0.526. The zero-order valence-corrected chi connectivity index (χ0v) is 10.6. The highest BCUT2D eigenvalue weighted by molar-refractivity contribution is 5.94. The average Bonchev–Trinajstić information content (AvgIpc) is 2.78. The fraction of sp³-hybridized carbons (Fsp3) is 0.462. The standard InChI is InChI=1S/C13H16F2N2O2/c1-8-4-9(11(15)5-10(8)14)12(18)17-7-13(19)2-3-16-6-13/h4-5,16,19H,2-3,6-7H2,1H3,(H,17,18). The van der Waals surface area contributed by atoms with E-state index >= 15 is 0 Å². The van der Waals surface area contributed by atoms with Gasteiger partial charge in [-0.05, 0) is 31.5 Å². The normalized spacial score (nSPS) is 22.5. The van der Waals surface area contributed by atoms with Gasteiger partial charge in [0.15, 0.2) is 0 Å². The molecule has 0 bridgehead atoms. The van der Waals surface area contributed by atoms with E-state index in [0.717, 1.165) is 6.07 Å². The molecule has 1 unspecified atom stereocenters. The van der Waals surface area contributed by atoms with E-state index in [1.54, 1.807) is 0 Å². The van der Waals surface area contributed by atoms with Crippen molar-refractivity contribution in [3.63, 3.8) is 0 Å². The molecule has 0 aromatic heterocycles. The van der Waals surface area contributed by atoms with Crippen molar-refractivity contribution in [3.8, 4) is 0 Å². The predicted molar refractivity (Wildman–Crippen MR) is 65.9 cm³/mol. The fourth-order valence-corrected chi connectivity index (χ4v) is 2.05. The molecule has 2 rings (SSSR count). The van der Waals surface area contributed by atoms with Crippen molar-refractivity contribution in [3.05, 3.63) is 34.9 Å². The van der Waals surface area contributed by atoms with Gasteiger partial charge < -0.3 is 15.7 Å². The number of hydrogen-bond acceptors (Lipinski definition) is 3. The molecule has 1 atom stereocenters. The molecule has 1 aliphatic rings. The smallest absolute Gasteiger partial charge is 0.254 e. The molecule has 1 aliphatic heterocycles. The lowest BCUT2D eigenvalue weighted by molar-refractivity contribution is 0.0560. The van der Waals surface area contributed by atoms with Gasteiger partial charge in [-0.3, -0.25) is 4.79 Å². The van der Waals surface area contributed by atoms with Crippen LogP contribution in [0.1, 0.15) is 22.3 Å². The van der Waals surface area contributed by atoms with Crippen LogP contribution in [0.5, 0.6) is 0 Å². The number of amides is 1. The molecule has 19 heavy (non-hydrogen) atoms. The highest BCUT2D eigenvalue weighted by Crippen LogP contribution is 2.16. The number of rotatable bonds is 3. The summed E-state index contributed by atoms with van der Waals surface area (Å²) in [6.45, 7) is 2.56. The molecular formula is C13H16F2N2O2. The number of halogens is 2. The lowest BCUT2D eigenvalue weighted by Crippen LogP contribution is -2.44. The first kappa shape index (κ1) is 13.9. The molecule has 1 aromatic carbocycles. The Morgan fingerprint density at radius 3 is 2.84 bits per heavy atom. The molecule has 1 fully saturated rings. The number of carbonyl (C=O) groups excluding carboxylic acids is 1. The lowest BCUT2D eigenvalue weighted by Gasteiger charge is -2.21. The number of β-amino-alcohol motifs (C(OH)–C–C–N with tert-alkyl or cyclic N) is 1. The number of hydrogen-bond donors (Lipinski definition) is 3. The molecule has 4 nitrogen and oxygen atoms in total. The van der Waals surface area contributed by atoms with Crippen LogP contribution in [-0.2, 0) is 0 Å². The van der Waals surface area contributed by atoms with Crippen molar-refractivity contribution in [1.29, 1.82) is 0 Å². The van der Waals surface area contributed by atoms with E-state index in [1.165, 1.54) is 6.92 Å². The highest BCUT2D eigenvalue weighted by Gasteiger charge is 2.31. The minimum Gasteiger partial charge on any atom is -0.387 e. The Morgan fingerprint density at radius 2 is 2.21 bits per heavy atom. The third kappa shape index (κ3) is 3.08. The van der Waals surface area contributed by atoms with Crippen LogP contribution >= 0.6 is 0 Å². The quantitative estimate of drug-likeness (QED) is 0.758. The van der Waals surface area contributed by atoms with Gasteiger partial charge in [-0.1, -0.05) is 0 Å². The number of aliphatic hydroxyl groups is 1. The number of carbonyl (C=O) groups is 1. The van der Waals surface area contributed by atoms with E-state index in [0.29, 0.717) is 25.6 Å². The van der Waals surface area contributed by atoms with Crippen LogP contribution in [0.2, 0.25) is 0 Å². The molecule has 1 heterocycles. The Kier molecular flexibility index (Phi) is 3.82. The van der Waals surface area contributed by atoms with E-state index in [9.17, 15) is 18.7 Å². The molecule has 1 amide bonds. The van der Waals surface area contributed by atoms with Crippen LogP contribution in [-0.4, -0.2) is 36.2 Å². The van der Waals surface area contributed by atoms with Gasteiger partial charge in [-0.25, -0.2) is 8.78 Å². The molecule has 0 radical (unpaired) electrons. The molecule has 3 N–H and O–H groups in total. The van der Waals surface area contributed by atoms with Crippen LogP contribution in [0.4, 0.5) is 8.78 Å². The van der Waals surface area contributed by atoms with Gasteiger partial charge in [0.1, 0.15) is 11.6 Å². The van der Waals surface area contributed by atoms with Gasteiger partial charge in [-0.15, -0.1) is 0 Å². The second-order valence-corrected chi connectivity index (χ2v) is 4.92. The van der Waals surface area contributed by atoms with Crippen molar-refractivity contribution in [2.24, 2.45) is 0 Å². The minimum absolute atomic E-state index is 0.0364. The number of nitrogens with one attached hydrogen (secondary N) is 2. The second-order valence-electron chi connectivity index (χ2n) is 4.92. The fourth-order valence-electron chi connectivity index (χ4n) is 2.05. The minimum atomic E-state index is -0.999. The van der Waals surface area contributed by atoms with Crippen LogP contribution in [0, 0.1) is 18.6 Å². The maximum Gasteiger partial charge on any atom is 0.254 e.